The molecule has 0 amide bonds. The zero-order valence-corrected chi connectivity index (χ0v) is 10.2. The maximum Gasteiger partial charge on any atom is 0.323 e. The molecule has 0 fully saturated rings. The van der Waals surface area contributed by atoms with Crippen LogP contribution in [0, 0.1) is 5.82 Å². The Bertz CT molecular complexity index is 395. The van der Waals surface area contributed by atoms with Crippen LogP contribution in [0.5, 0.6) is 0 Å². The van der Waals surface area contributed by atoms with Crippen LogP contribution in [0.1, 0.15) is 32.3 Å². The van der Waals surface area contributed by atoms with Gasteiger partial charge in [0.1, 0.15) is 11.4 Å². The molecule has 0 radical (unpaired) electrons. The van der Waals surface area contributed by atoms with Crippen molar-refractivity contribution >= 4 is 5.97 Å². The zero-order valence-electron chi connectivity index (χ0n) is 10.2. The fraction of sp³-hybridized carbons (Fsp3) is 0.462. The van der Waals surface area contributed by atoms with Gasteiger partial charge in [0.15, 0.2) is 0 Å². The van der Waals surface area contributed by atoms with E-state index in [1.807, 2.05) is 6.92 Å². The smallest absolute Gasteiger partial charge is 0.323 e. The van der Waals surface area contributed by atoms with E-state index in [0.717, 1.165) is 12.0 Å². The Hall–Kier alpha value is -1.42. The maximum absolute atomic E-state index is 12.9. The number of hydrogen-bond donors (Lipinski definition) is 2. The highest BCUT2D eigenvalue weighted by Gasteiger charge is 2.31. The summed E-state index contributed by atoms with van der Waals surface area (Å²) in [7, 11) is 0. The van der Waals surface area contributed by atoms with Crippen molar-refractivity contribution in [1.29, 1.82) is 0 Å². The summed E-state index contributed by atoms with van der Waals surface area (Å²) in [4.78, 5) is 11.2. The van der Waals surface area contributed by atoms with Gasteiger partial charge in [-0.1, -0.05) is 25.5 Å². The Morgan fingerprint density at radius 3 is 2.76 bits per heavy atom. The van der Waals surface area contributed by atoms with Gasteiger partial charge in [-0.3, -0.25) is 10.1 Å². The van der Waals surface area contributed by atoms with Crippen LogP contribution in [-0.4, -0.2) is 16.6 Å². The van der Waals surface area contributed by atoms with E-state index in [2.05, 4.69) is 5.32 Å². The Balaban J connectivity index is 2.67. The molecule has 0 heterocycles. The van der Waals surface area contributed by atoms with E-state index < -0.39 is 11.5 Å². The van der Waals surface area contributed by atoms with Gasteiger partial charge < -0.3 is 5.11 Å². The summed E-state index contributed by atoms with van der Waals surface area (Å²) >= 11 is 0. The molecule has 1 aromatic carbocycles. The fourth-order valence-electron chi connectivity index (χ4n) is 1.72. The van der Waals surface area contributed by atoms with E-state index in [0.29, 0.717) is 13.0 Å². The second-order valence-electron chi connectivity index (χ2n) is 4.37. The molecule has 0 bridgehead atoms. The summed E-state index contributed by atoms with van der Waals surface area (Å²) in [5.41, 5.74) is -0.213. The second kappa shape index (κ2) is 5.77. The molecule has 0 aliphatic rings. The van der Waals surface area contributed by atoms with E-state index >= 15 is 0 Å². The number of carboxylic acid groups (broad SMARTS) is 1. The zero-order chi connectivity index (χ0) is 12.9. The molecular weight excluding hydrogens is 221 g/mol. The third-order valence-electron chi connectivity index (χ3n) is 2.79. The minimum atomic E-state index is -0.957. The SMILES string of the molecule is CCCC(C)(NCc1cccc(F)c1)C(=O)O. The topological polar surface area (TPSA) is 49.3 Å². The molecule has 1 rings (SSSR count). The first-order valence-electron chi connectivity index (χ1n) is 5.71. The highest BCUT2D eigenvalue weighted by molar-refractivity contribution is 5.78. The quantitative estimate of drug-likeness (QED) is 0.802. The minimum Gasteiger partial charge on any atom is -0.480 e. The molecule has 0 spiro atoms. The average Bonchev–Trinajstić information content (AvgIpc) is 2.27. The van der Waals surface area contributed by atoms with Gasteiger partial charge in [0, 0.05) is 6.54 Å². The van der Waals surface area contributed by atoms with Gasteiger partial charge in [-0.2, -0.15) is 0 Å². The van der Waals surface area contributed by atoms with Gasteiger partial charge in [0.05, 0.1) is 0 Å². The first-order valence-corrected chi connectivity index (χ1v) is 5.71. The molecule has 0 aliphatic heterocycles. The van der Waals surface area contributed by atoms with Gasteiger partial charge in [0.25, 0.3) is 0 Å². The predicted octanol–water partition coefficient (Wildman–Crippen LogP) is 2.56. The summed E-state index contributed by atoms with van der Waals surface area (Å²) in [5.74, 6) is -1.19. The van der Waals surface area contributed by atoms with Crippen molar-refractivity contribution in [2.45, 2.75) is 38.8 Å². The van der Waals surface area contributed by atoms with Crippen LogP contribution in [0.4, 0.5) is 4.39 Å². The molecule has 1 unspecified atom stereocenters. The van der Waals surface area contributed by atoms with Crippen molar-refractivity contribution in [2.75, 3.05) is 0 Å². The van der Waals surface area contributed by atoms with Gasteiger partial charge >= 0.3 is 5.97 Å². The third kappa shape index (κ3) is 3.82. The number of aliphatic carboxylic acids is 1. The van der Waals surface area contributed by atoms with Crippen LogP contribution in [0.15, 0.2) is 24.3 Å². The molecular formula is C13H18FNO2. The lowest BCUT2D eigenvalue weighted by molar-refractivity contribution is -0.144. The molecule has 17 heavy (non-hydrogen) atoms. The summed E-state index contributed by atoms with van der Waals surface area (Å²) < 4.78 is 12.9. The number of rotatable bonds is 6. The summed E-state index contributed by atoms with van der Waals surface area (Å²) in [5, 5.41) is 12.1. The van der Waals surface area contributed by atoms with E-state index in [-0.39, 0.29) is 5.82 Å². The van der Waals surface area contributed by atoms with Gasteiger partial charge in [-0.15, -0.1) is 0 Å². The molecule has 94 valence electrons. The largest absolute Gasteiger partial charge is 0.480 e. The molecule has 0 aromatic heterocycles. The average molecular weight is 239 g/mol. The van der Waals surface area contributed by atoms with E-state index in [4.69, 9.17) is 5.11 Å². The van der Waals surface area contributed by atoms with Crippen molar-refractivity contribution in [3.63, 3.8) is 0 Å². The number of nitrogens with one attached hydrogen (secondary N) is 1. The maximum atomic E-state index is 12.9. The number of carboxylic acids is 1. The van der Waals surface area contributed by atoms with Gasteiger partial charge in [-0.05, 0) is 31.0 Å². The van der Waals surface area contributed by atoms with Crippen molar-refractivity contribution in [3.8, 4) is 0 Å². The van der Waals surface area contributed by atoms with Crippen LogP contribution >= 0.6 is 0 Å². The van der Waals surface area contributed by atoms with E-state index in [9.17, 15) is 9.18 Å². The van der Waals surface area contributed by atoms with Gasteiger partial charge in [-0.25, -0.2) is 4.39 Å². The van der Waals surface area contributed by atoms with Crippen LogP contribution in [-0.2, 0) is 11.3 Å². The summed E-state index contributed by atoms with van der Waals surface area (Å²) in [6, 6.07) is 6.15. The fourth-order valence-corrected chi connectivity index (χ4v) is 1.72. The Kier molecular flexibility index (Phi) is 4.63. The first-order chi connectivity index (χ1) is 7.98. The Labute approximate surface area is 101 Å². The van der Waals surface area contributed by atoms with Crippen LogP contribution in [0.3, 0.4) is 0 Å². The molecule has 2 N–H and O–H groups in total. The van der Waals surface area contributed by atoms with Crippen LogP contribution < -0.4 is 5.32 Å². The molecule has 1 aromatic rings. The lowest BCUT2D eigenvalue weighted by Gasteiger charge is -2.25. The van der Waals surface area contributed by atoms with Crippen LogP contribution in [0.2, 0.25) is 0 Å². The Morgan fingerprint density at radius 2 is 2.24 bits per heavy atom. The van der Waals surface area contributed by atoms with E-state index in [1.165, 1.54) is 12.1 Å². The standard InChI is InChI=1S/C13H18FNO2/c1-3-7-13(2,12(16)17)15-9-10-5-4-6-11(14)8-10/h4-6,8,15H,3,7,9H2,1-2H3,(H,16,17). The minimum absolute atomic E-state index is 0.309. The summed E-state index contributed by atoms with van der Waals surface area (Å²) in [6.45, 7) is 3.93. The predicted molar refractivity (Wildman–Crippen MR) is 64.2 cm³/mol. The number of halogens is 1. The highest BCUT2D eigenvalue weighted by atomic mass is 19.1. The third-order valence-corrected chi connectivity index (χ3v) is 2.79. The van der Waals surface area contributed by atoms with Crippen LogP contribution in [0.25, 0.3) is 0 Å². The second-order valence-corrected chi connectivity index (χ2v) is 4.37. The van der Waals surface area contributed by atoms with Crippen molar-refractivity contribution < 1.29 is 14.3 Å². The normalized spacial score (nSPS) is 14.3. The number of carbonyl (C=O) groups is 1. The molecule has 4 heteroatoms. The van der Waals surface area contributed by atoms with Crippen molar-refractivity contribution in [1.82, 2.24) is 5.32 Å². The summed E-state index contributed by atoms with van der Waals surface area (Å²) in [6.07, 6.45) is 1.32. The van der Waals surface area contributed by atoms with Crippen molar-refractivity contribution in [2.24, 2.45) is 0 Å². The molecule has 0 aliphatic carbocycles. The highest BCUT2D eigenvalue weighted by Crippen LogP contribution is 2.14. The van der Waals surface area contributed by atoms with Gasteiger partial charge in [0.2, 0.25) is 0 Å². The number of benzene rings is 1. The molecule has 0 saturated heterocycles. The van der Waals surface area contributed by atoms with E-state index in [1.54, 1.807) is 19.1 Å². The molecule has 0 saturated carbocycles. The van der Waals surface area contributed by atoms with Crippen molar-refractivity contribution in [3.05, 3.63) is 35.6 Å². The monoisotopic (exact) mass is 239 g/mol. The lowest BCUT2D eigenvalue weighted by atomic mass is 9.96. The molecule has 1 atom stereocenters. The Morgan fingerprint density at radius 1 is 1.53 bits per heavy atom. The lowest BCUT2D eigenvalue weighted by Crippen LogP contribution is -2.48. The first kappa shape index (κ1) is 13.6. The number of hydrogen-bond acceptors (Lipinski definition) is 2. The molecule has 3 nitrogen and oxygen atoms in total.